The molecule has 0 heterocycles. The summed E-state index contributed by atoms with van der Waals surface area (Å²) < 4.78 is 0. The zero-order valence-corrected chi connectivity index (χ0v) is 12.4. The molecule has 0 aromatic heterocycles. The van der Waals surface area contributed by atoms with Crippen molar-refractivity contribution < 1.29 is 0 Å². The lowest BCUT2D eigenvalue weighted by Crippen LogP contribution is -2.26. The Hall–Kier alpha value is -1.56. The fraction of sp³-hybridized carbons (Fsp3) is 0.368. The first-order valence-corrected chi connectivity index (χ1v) is 7.27. The van der Waals surface area contributed by atoms with Crippen LogP contribution < -0.4 is 10.4 Å². The van der Waals surface area contributed by atoms with Gasteiger partial charge in [0.15, 0.2) is 0 Å². The zero-order valence-electron chi connectivity index (χ0n) is 12.4. The molecule has 1 aliphatic carbocycles. The van der Waals surface area contributed by atoms with Gasteiger partial charge in [-0.25, -0.2) is 0 Å². The normalized spacial score (nSPS) is 14.8. The number of fused-ring (bicyclic) bond motifs is 1. The molecule has 0 atom stereocenters. The van der Waals surface area contributed by atoms with Crippen LogP contribution in [-0.2, 0) is 0 Å². The fourth-order valence-electron chi connectivity index (χ4n) is 2.95. The molecule has 2 rings (SSSR count). The van der Waals surface area contributed by atoms with Crippen LogP contribution in [0, 0.1) is 6.92 Å². The summed E-state index contributed by atoms with van der Waals surface area (Å²) in [5, 5.41) is 2.84. The Bertz CT molecular complexity index is 626. The monoisotopic (exact) mass is 252 g/mol. The average Bonchev–Trinajstić information content (AvgIpc) is 2.53. The highest BCUT2D eigenvalue weighted by molar-refractivity contribution is 5.67. The molecule has 0 N–H and O–H groups in total. The Kier molecular flexibility index (Phi) is 4.42. The van der Waals surface area contributed by atoms with Gasteiger partial charge in [0.1, 0.15) is 0 Å². The van der Waals surface area contributed by atoms with Gasteiger partial charge in [0.25, 0.3) is 0 Å². The van der Waals surface area contributed by atoms with Gasteiger partial charge in [-0.3, -0.25) is 0 Å². The van der Waals surface area contributed by atoms with Crippen LogP contribution >= 0.6 is 0 Å². The summed E-state index contributed by atoms with van der Waals surface area (Å²) in [5.41, 5.74) is 5.95. The molecule has 0 bridgehead atoms. The molecule has 0 unspecified atom stereocenters. The molecule has 0 fully saturated rings. The van der Waals surface area contributed by atoms with Crippen molar-refractivity contribution in [1.29, 1.82) is 0 Å². The van der Waals surface area contributed by atoms with E-state index in [1.807, 2.05) is 6.08 Å². The predicted molar refractivity (Wildman–Crippen MR) is 85.3 cm³/mol. The Morgan fingerprint density at radius 2 is 2.00 bits per heavy atom. The first kappa shape index (κ1) is 13.9. The van der Waals surface area contributed by atoms with E-state index in [4.69, 9.17) is 0 Å². The molecule has 1 aromatic carbocycles. The topological polar surface area (TPSA) is 0 Å². The molecule has 100 valence electrons. The molecular weight excluding hydrogens is 228 g/mol. The van der Waals surface area contributed by atoms with Gasteiger partial charge in [0, 0.05) is 0 Å². The number of allylic oxidation sites excluding steroid dienone is 3. The van der Waals surface area contributed by atoms with Gasteiger partial charge in [0.05, 0.1) is 0 Å². The summed E-state index contributed by atoms with van der Waals surface area (Å²) in [6.07, 6.45) is 8.78. The van der Waals surface area contributed by atoms with E-state index < -0.39 is 0 Å². The summed E-state index contributed by atoms with van der Waals surface area (Å²) in [4.78, 5) is 0. The highest BCUT2D eigenvalue weighted by Crippen LogP contribution is 2.26. The standard InChI is InChI=1S/C19H24/c1-5-7-8-18-15(4)10-11-16-13-14(3)9-12-19(16)17(18)6-2/h5,9,11-13H,1,6-8,10H2,2-4H3. The van der Waals surface area contributed by atoms with Crippen LogP contribution in [-0.4, -0.2) is 0 Å². The largest absolute Gasteiger partial charge is 0.103 e. The average molecular weight is 252 g/mol. The molecule has 0 heteroatoms. The van der Waals surface area contributed by atoms with Crippen molar-refractivity contribution in [2.75, 3.05) is 0 Å². The smallest absolute Gasteiger partial charge is 0.0126 e. The first-order chi connectivity index (χ1) is 9.17. The SMILES string of the molecule is C=CCCC1=C(C)CC=c2cc(C)ccc2=C1CC. The van der Waals surface area contributed by atoms with Gasteiger partial charge in [-0.1, -0.05) is 48.4 Å². The van der Waals surface area contributed by atoms with Gasteiger partial charge in [-0.05, 0) is 61.1 Å². The number of hydrogen-bond donors (Lipinski definition) is 0. The summed E-state index contributed by atoms with van der Waals surface area (Å²) in [6, 6.07) is 6.84. The summed E-state index contributed by atoms with van der Waals surface area (Å²) in [5.74, 6) is 0. The molecule has 1 aliphatic rings. The van der Waals surface area contributed by atoms with Gasteiger partial charge in [0.2, 0.25) is 0 Å². The zero-order chi connectivity index (χ0) is 13.8. The minimum Gasteiger partial charge on any atom is -0.103 e. The van der Waals surface area contributed by atoms with E-state index >= 15 is 0 Å². The first-order valence-electron chi connectivity index (χ1n) is 7.27. The van der Waals surface area contributed by atoms with E-state index in [2.05, 4.69) is 51.6 Å². The van der Waals surface area contributed by atoms with Gasteiger partial charge in [-0.2, -0.15) is 0 Å². The van der Waals surface area contributed by atoms with Crippen molar-refractivity contribution in [3.63, 3.8) is 0 Å². The van der Waals surface area contributed by atoms with Crippen molar-refractivity contribution >= 4 is 11.6 Å². The van der Waals surface area contributed by atoms with E-state index in [9.17, 15) is 0 Å². The van der Waals surface area contributed by atoms with Crippen molar-refractivity contribution in [2.24, 2.45) is 0 Å². The molecular formula is C19H24. The minimum atomic E-state index is 1.07. The quantitative estimate of drug-likeness (QED) is 0.710. The van der Waals surface area contributed by atoms with Gasteiger partial charge in [-0.15, -0.1) is 6.58 Å². The number of hydrogen-bond acceptors (Lipinski definition) is 0. The Morgan fingerprint density at radius 1 is 1.21 bits per heavy atom. The molecule has 19 heavy (non-hydrogen) atoms. The maximum atomic E-state index is 3.86. The summed E-state index contributed by atoms with van der Waals surface area (Å²) in [6.45, 7) is 10.6. The molecule has 0 aliphatic heterocycles. The van der Waals surface area contributed by atoms with Crippen molar-refractivity contribution in [1.82, 2.24) is 0 Å². The second-order valence-electron chi connectivity index (χ2n) is 5.42. The van der Waals surface area contributed by atoms with E-state index in [-0.39, 0.29) is 0 Å². The van der Waals surface area contributed by atoms with E-state index in [1.165, 1.54) is 27.1 Å². The predicted octanol–water partition coefficient (Wildman–Crippen LogP) is 4.02. The molecule has 1 aromatic rings. The third kappa shape index (κ3) is 2.89. The minimum absolute atomic E-state index is 1.07. The van der Waals surface area contributed by atoms with Crippen LogP contribution in [0.5, 0.6) is 0 Å². The lowest BCUT2D eigenvalue weighted by Gasteiger charge is -2.13. The number of benzene rings is 1. The van der Waals surface area contributed by atoms with Crippen molar-refractivity contribution in [3.8, 4) is 0 Å². The second-order valence-corrected chi connectivity index (χ2v) is 5.42. The third-order valence-corrected chi connectivity index (χ3v) is 3.99. The molecule has 0 amide bonds. The summed E-state index contributed by atoms with van der Waals surface area (Å²) >= 11 is 0. The molecule has 0 saturated carbocycles. The Balaban J connectivity index is 2.67. The highest BCUT2D eigenvalue weighted by Gasteiger charge is 2.10. The molecule has 0 radical (unpaired) electrons. The van der Waals surface area contributed by atoms with Crippen LogP contribution in [0.2, 0.25) is 0 Å². The van der Waals surface area contributed by atoms with E-state index in [1.54, 1.807) is 5.57 Å². The summed E-state index contributed by atoms with van der Waals surface area (Å²) in [7, 11) is 0. The van der Waals surface area contributed by atoms with Crippen LogP contribution in [0.3, 0.4) is 0 Å². The van der Waals surface area contributed by atoms with Crippen molar-refractivity contribution in [2.45, 2.75) is 46.5 Å². The van der Waals surface area contributed by atoms with E-state index in [0.717, 1.165) is 25.7 Å². The highest BCUT2D eigenvalue weighted by atomic mass is 14.2. The Morgan fingerprint density at radius 3 is 2.68 bits per heavy atom. The number of rotatable bonds is 4. The lowest BCUT2D eigenvalue weighted by molar-refractivity contribution is 0.967. The van der Waals surface area contributed by atoms with Crippen LogP contribution in [0.15, 0.2) is 42.0 Å². The van der Waals surface area contributed by atoms with Crippen molar-refractivity contribution in [3.05, 3.63) is 58.0 Å². The van der Waals surface area contributed by atoms with Crippen LogP contribution in [0.25, 0.3) is 11.6 Å². The molecule has 0 nitrogen and oxygen atoms in total. The van der Waals surface area contributed by atoms with Crippen LogP contribution in [0.1, 0.15) is 45.1 Å². The van der Waals surface area contributed by atoms with E-state index in [0.29, 0.717) is 0 Å². The Labute approximate surface area is 116 Å². The maximum Gasteiger partial charge on any atom is -0.0126 e. The van der Waals surface area contributed by atoms with Crippen LogP contribution in [0.4, 0.5) is 0 Å². The van der Waals surface area contributed by atoms with Gasteiger partial charge < -0.3 is 0 Å². The molecule has 0 spiro atoms. The number of aryl methyl sites for hydroxylation is 1. The molecule has 0 saturated heterocycles. The lowest BCUT2D eigenvalue weighted by atomic mass is 9.92. The third-order valence-electron chi connectivity index (χ3n) is 3.99. The van der Waals surface area contributed by atoms with Gasteiger partial charge >= 0.3 is 0 Å². The fourth-order valence-corrected chi connectivity index (χ4v) is 2.95. The second kappa shape index (κ2) is 6.06. The maximum absolute atomic E-state index is 3.86.